The zero-order valence-electron chi connectivity index (χ0n) is 29.3. The lowest BCUT2D eigenvalue weighted by Crippen LogP contribution is -2.61. The first-order valence-corrected chi connectivity index (χ1v) is 16.5. The Morgan fingerprint density at radius 3 is 1.96 bits per heavy atom. The molecular formula is C35H44N6O12. The summed E-state index contributed by atoms with van der Waals surface area (Å²) in [5, 5.41) is 38.8. The summed E-state index contributed by atoms with van der Waals surface area (Å²) in [6, 6.07) is 12.2. The lowest BCUT2D eigenvalue weighted by Gasteiger charge is -2.29. The fraction of sp³-hybridized carbons (Fsp3) is 0.371. The Hall–Kier alpha value is -6.30. The number of anilines is 1. The molecule has 5 atom stereocenters. The van der Waals surface area contributed by atoms with Crippen molar-refractivity contribution in [1.29, 1.82) is 0 Å². The summed E-state index contributed by atoms with van der Waals surface area (Å²) in [5.41, 5.74) is 3.08. The highest BCUT2D eigenvalue weighted by Gasteiger charge is 2.34. The van der Waals surface area contributed by atoms with Crippen molar-refractivity contribution in [2.75, 3.05) is 11.9 Å². The summed E-state index contributed by atoms with van der Waals surface area (Å²) in [4.78, 5) is 101. The number of amides is 6. The summed E-state index contributed by atoms with van der Waals surface area (Å²) in [6.45, 7) is 3.30. The smallest absolute Gasteiger partial charge is 0.408 e. The predicted molar refractivity (Wildman–Crippen MR) is 187 cm³/mol. The van der Waals surface area contributed by atoms with Crippen molar-refractivity contribution in [3.63, 3.8) is 0 Å². The van der Waals surface area contributed by atoms with Gasteiger partial charge in [0.05, 0.1) is 6.10 Å². The quantitative estimate of drug-likeness (QED) is 0.0730. The molecule has 0 aliphatic rings. The van der Waals surface area contributed by atoms with Crippen molar-refractivity contribution in [2.24, 2.45) is 5.92 Å². The van der Waals surface area contributed by atoms with Gasteiger partial charge in [-0.2, -0.15) is 0 Å². The van der Waals surface area contributed by atoms with Crippen LogP contribution in [0.2, 0.25) is 0 Å². The van der Waals surface area contributed by atoms with Crippen LogP contribution in [0, 0.1) is 5.92 Å². The van der Waals surface area contributed by atoms with Crippen LogP contribution in [0.1, 0.15) is 45.6 Å². The fourth-order valence-corrected chi connectivity index (χ4v) is 4.50. The van der Waals surface area contributed by atoms with Crippen LogP contribution >= 0.6 is 0 Å². The zero-order chi connectivity index (χ0) is 39.5. The van der Waals surface area contributed by atoms with Gasteiger partial charge in [-0.1, -0.05) is 68.8 Å². The van der Waals surface area contributed by atoms with E-state index < -0.39 is 97.1 Å². The molecule has 0 aliphatic heterocycles. The minimum atomic E-state index is -1.86. The predicted octanol–water partition coefficient (Wildman–Crippen LogP) is 0.682. The Morgan fingerprint density at radius 2 is 1.40 bits per heavy atom. The molecule has 0 aromatic heterocycles. The second-order valence-electron chi connectivity index (χ2n) is 11.8. The van der Waals surface area contributed by atoms with Crippen LogP contribution in [0.3, 0.4) is 0 Å². The fourth-order valence-electron chi connectivity index (χ4n) is 4.50. The number of nitrogens with zero attached hydrogens (tertiary/aromatic N) is 1. The molecular weight excluding hydrogens is 696 g/mol. The van der Waals surface area contributed by atoms with Crippen LogP contribution in [-0.4, -0.2) is 98.7 Å². The molecule has 286 valence electrons. The number of aliphatic hydroxyl groups is 1. The van der Waals surface area contributed by atoms with Crippen molar-refractivity contribution >= 4 is 53.3 Å². The number of para-hydroxylation sites is 1. The monoisotopic (exact) mass is 740 g/mol. The Kier molecular flexibility index (Phi) is 17.6. The van der Waals surface area contributed by atoms with Crippen molar-refractivity contribution in [2.45, 2.75) is 70.9 Å². The average Bonchev–Trinajstić information content (AvgIpc) is 3.12. The summed E-state index contributed by atoms with van der Waals surface area (Å²) >= 11 is 0. The number of aliphatic carboxylic acids is 2. The van der Waals surface area contributed by atoms with E-state index in [0.717, 1.165) is 13.0 Å². The molecule has 2 aromatic rings. The minimum Gasteiger partial charge on any atom is -0.481 e. The second-order valence-corrected chi connectivity index (χ2v) is 11.8. The number of carbonyl (C=O) groups excluding carboxylic acids is 6. The molecule has 53 heavy (non-hydrogen) atoms. The van der Waals surface area contributed by atoms with Gasteiger partial charge in [0.15, 0.2) is 0 Å². The van der Waals surface area contributed by atoms with E-state index in [1.165, 1.54) is 0 Å². The molecule has 0 aliphatic carbocycles. The molecule has 0 heterocycles. The molecule has 8 N–H and O–H groups in total. The number of rotatable bonds is 19. The van der Waals surface area contributed by atoms with Crippen molar-refractivity contribution in [1.82, 2.24) is 26.4 Å². The van der Waals surface area contributed by atoms with Crippen LogP contribution in [0.15, 0.2) is 72.8 Å². The second kappa shape index (κ2) is 21.8. The number of hydrogen-bond donors (Lipinski definition) is 8. The first-order valence-electron chi connectivity index (χ1n) is 16.5. The summed E-state index contributed by atoms with van der Waals surface area (Å²) in [7, 11) is 0. The van der Waals surface area contributed by atoms with E-state index in [1.807, 2.05) is 5.43 Å². The third-order valence-electron chi connectivity index (χ3n) is 7.55. The van der Waals surface area contributed by atoms with Gasteiger partial charge in [0, 0.05) is 24.3 Å². The Labute approximate surface area is 304 Å². The van der Waals surface area contributed by atoms with E-state index in [4.69, 9.17) is 4.74 Å². The van der Waals surface area contributed by atoms with Crippen LogP contribution < -0.4 is 26.7 Å². The van der Waals surface area contributed by atoms with E-state index >= 15 is 0 Å². The van der Waals surface area contributed by atoms with Gasteiger partial charge in [0.25, 0.3) is 11.8 Å². The van der Waals surface area contributed by atoms with Crippen molar-refractivity contribution in [3.05, 3.63) is 78.4 Å². The molecule has 0 fully saturated rings. The molecule has 18 heteroatoms. The highest BCUT2D eigenvalue weighted by atomic mass is 16.5. The van der Waals surface area contributed by atoms with Crippen molar-refractivity contribution in [3.8, 4) is 0 Å². The molecule has 18 nitrogen and oxygen atoms in total. The van der Waals surface area contributed by atoms with E-state index in [2.05, 4.69) is 21.3 Å². The Bertz CT molecular complexity index is 1620. The Morgan fingerprint density at radius 1 is 0.774 bits per heavy atom. The standard InChI is InChI=1S/C35H44N6O12/c1-4-21(2)30(39-35(52)53-20-23-11-7-5-8-12-23)33(50)37-25(15-18-28(45)46)32(49)38-31(22(3)42)34(51)40-41(19-29(47)48)27(44)17-16-26(43)36-24-13-9-6-10-14-24/h5-14,16-17,21-22,25,30-31,42H,4,15,18-20H2,1-3H3,(H,36,43)(H,37,50)(H,38,49)(H,39,52)(H,40,51)(H,45,46)(H,47,48)/b17-16+/t21-,22+,25-,30-,31-/m0/s1. The number of aliphatic hydroxyl groups excluding tert-OH is 1. The number of nitrogens with one attached hydrogen (secondary N) is 5. The van der Waals surface area contributed by atoms with Gasteiger partial charge in [-0.05, 0) is 37.0 Å². The number of benzene rings is 2. The van der Waals surface area contributed by atoms with E-state index in [9.17, 15) is 53.7 Å². The highest BCUT2D eigenvalue weighted by molar-refractivity contribution is 6.04. The van der Waals surface area contributed by atoms with Gasteiger partial charge in [-0.15, -0.1) is 0 Å². The molecule has 0 unspecified atom stereocenters. The number of ether oxygens (including phenoxy) is 1. The third-order valence-corrected chi connectivity index (χ3v) is 7.55. The van der Waals surface area contributed by atoms with E-state index in [0.29, 0.717) is 28.8 Å². The lowest BCUT2D eigenvalue weighted by atomic mass is 9.97. The zero-order valence-corrected chi connectivity index (χ0v) is 29.3. The van der Waals surface area contributed by atoms with Crippen LogP contribution in [0.25, 0.3) is 0 Å². The number of alkyl carbamates (subject to hydrolysis) is 1. The molecule has 2 rings (SSSR count). The number of carboxylic acids is 2. The summed E-state index contributed by atoms with van der Waals surface area (Å²) in [5.74, 6) is -8.55. The molecule has 0 saturated carbocycles. The lowest BCUT2D eigenvalue weighted by molar-refractivity contribution is -0.149. The van der Waals surface area contributed by atoms with E-state index in [-0.39, 0.29) is 6.61 Å². The minimum absolute atomic E-state index is 0.0939. The normalized spacial score (nSPS) is 13.6. The SMILES string of the molecule is CC[C@H](C)[C@H](NC(=O)OCc1ccccc1)C(=O)N[C@@H](CCC(=O)O)C(=O)N[C@H](C(=O)NN(CC(=O)O)C(=O)/C=C/C(=O)Nc1ccccc1)[C@@H](C)O. The number of hydrogen-bond acceptors (Lipinski definition) is 10. The highest BCUT2D eigenvalue weighted by Crippen LogP contribution is 2.11. The first-order chi connectivity index (χ1) is 25.1. The molecule has 0 spiro atoms. The molecule has 0 bridgehead atoms. The number of hydrazine groups is 1. The largest absolute Gasteiger partial charge is 0.481 e. The molecule has 0 radical (unpaired) electrons. The molecule has 0 saturated heterocycles. The van der Waals surface area contributed by atoms with Crippen LogP contribution in [0.4, 0.5) is 10.5 Å². The van der Waals surface area contributed by atoms with Crippen molar-refractivity contribution < 1.29 is 58.4 Å². The maximum atomic E-state index is 13.4. The van der Waals surface area contributed by atoms with E-state index in [1.54, 1.807) is 74.5 Å². The van der Waals surface area contributed by atoms with Gasteiger partial charge in [-0.25, -0.2) is 9.80 Å². The average molecular weight is 741 g/mol. The van der Waals surface area contributed by atoms with Crippen LogP contribution in [0.5, 0.6) is 0 Å². The van der Waals surface area contributed by atoms with Crippen LogP contribution in [-0.2, 0) is 44.9 Å². The van der Waals surface area contributed by atoms with Gasteiger partial charge >= 0.3 is 18.0 Å². The molecule has 2 aromatic carbocycles. The maximum Gasteiger partial charge on any atom is 0.408 e. The van der Waals surface area contributed by atoms with Gasteiger partial charge in [-0.3, -0.25) is 39.0 Å². The van der Waals surface area contributed by atoms with Gasteiger partial charge in [0.2, 0.25) is 17.7 Å². The summed E-state index contributed by atoms with van der Waals surface area (Å²) < 4.78 is 5.22. The first kappa shape index (κ1) is 42.9. The topological polar surface area (TPSA) is 270 Å². The van der Waals surface area contributed by atoms with Gasteiger partial charge in [0.1, 0.15) is 31.3 Å². The summed E-state index contributed by atoms with van der Waals surface area (Å²) in [6.07, 6.45) is -1.82. The Balaban J connectivity index is 2.19. The number of carbonyl (C=O) groups is 8. The number of carboxylic acid groups (broad SMARTS) is 2. The van der Waals surface area contributed by atoms with Gasteiger partial charge < -0.3 is 41.3 Å². The third kappa shape index (κ3) is 15.6. The maximum absolute atomic E-state index is 13.4. The molecule has 6 amide bonds.